The van der Waals surface area contributed by atoms with Gasteiger partial charge in [0.1, 0.15) is 0 Å². The minimum absolute atomic E-state index is 0. The van der Waals surface area contributed by atoms with E-state index in [1.54, 1.807) is 0 Å². The lowest BCUT2D eigenvalue weighted by Crippen LogP contribution is -2.45. The van der Waals surface area contributed by atoms with Crippen LogP contribution in [0.3, 0.4) is 0 Å². The number of guanidine groups is 1. The van der Waals surface area contributed by atoms with Crippen molar-refractivity contribution in [1.82, 2.24) is 20.4 Å². The number of rotatable bonds is 8. The molecule has 5 nitrogen and oxygen atoms in total. The van der Waals surface area contributed by atoms with Crippen molar-refractivity contribution >= 4 is 29.9 Å². The largest absolute Gasteiger partial charge is 0.401 e. The van der Waals surface area contributed by atoms with Crippen LogP contribution in [0.25, 0.3) is 0 Å². The van der Waals surface area contributed by atoms with Gasteiger partial charge in [0, 0.05) is 45.3 Å². The van der Waals surface area contributed by atoms with Gasteiger partial charge in [-0.25, -0.2) is 0 Å². The topological polar surface area (TPSA) is 42.9 Å². The quantitative estimate of drug-likeness (QED) is 0.217. The minimum atomic E-state index is -4.13. The monoisotopic (exact) mass is 533 g/mol. The van der Waals surface area contributed by atoms with Crippen LogP contribution in [-0.4, -0.2) is 80.3 Å². The molecule has 3 unspecified atom stereocenters. The van der Waals surface area contributed by atoms with Crippen LogP contribution in [0.5, 0.6) is 0 Å². The Bertz CT molecular complexity index is 479. The van der Waals surface area contributed by atoms with E-state index in [9.17, 15) is 13.2 Å². The summed E-state index contributed by atoms with van der Waals surface area (Å²) >= 11 is 0. The second-order valence-electron chi connectivity index (χ2n) is 8.65. The zero-order valence-electron chi connectivity index (χ0n) is 18.1. The van der Waals surface area contributed by atoms with E-state index >= 15 is 0 Å². The Morgan fingerprint density at radius 3 is 2.38 bits per heavy atom. The Hall–Kier alpha value is -0.290. The molecule has 172 valence electrons. The fraction of sp³-hybridized carbons (Fsp3) is 0.950. The molecule has 9 heteroatoms. The molecule has 0 amide bonds. The first-order chi connectivity index (χ1) is 13.2. The number of halogens is 4. The molecule has 0 radical (unpaired) electrons. The number of unbranched alkanes of at least 4 members (excludes halogenated alkanes) is 1. The van der Waals surface area contributed by atoms with Gasteiger partial charge in [-0.1, -0.05) is 13.8 Å². The van der Waals surface area contributed by atoms with Gasteiger partial charge in [-0.3, -0.25) is 9.89 Å². The summed E-state index contributed by atoms with van der Waals surface area (Å²) in [5.41, 5.74) is 0. The van der Waals surface area contributed by atoms with Gasteiger partial charge in [0.15, 0.2) is 5.96 Å². The molecule has 2 aliphatic heterocycles. The van der Waals surface area contributed by atoms with Crippen molar-refractivity contribution in [3.8, 4) is 0 Å². The smallest absolute Gasteiger partial charge is 0.357 e. The number of nitrogens with zero attached hydrogens (tertiary/aromatic N) is 3. The van der Waals surface area contributed by atoms with Crippen LogP contribution < -0.4 is 10.6 Å². The lowest BCUT2D eigenvalue weighted by molar-refractivity contribution is -0.143. The molecule has 2 N–H and O–H groups in total. The van der Waals surface area contributed by atoms with E-state index in [4.69, 9.17) is 0 Å². The second kappa shape index (κ2) is 13.2. The third-order valence-corrected chi connectivity index (χ3v) is 5.46. The average Bonchev–Trinajstić information content (AvgIpc) is 2.98. The molecule has 0 spiro atoms. The molecule has 0 aliphatic carbocycles. The van der Waals surface area contributed by atoms with Gasteiger partial charge in [0.05, 0.1) is 6.54 Å². The first-order valence-corrected chi connectivity index (χ1v) is 10.8. The SMILES string of the molecule is CCNC(=NCCCCN1CC(C)CC(C)C1)NC1CCN(CC(F)(F)F)C1.I. The van der Waals surface area contributed by atoms with Crippen LogP contribution in [-0.2, 0) is 0 Å². The molecule has 0 aromatic rings. The zero-order chi connectivity index (χ0) is 20.6. The number of alkyl halides is 3. The summed E-state index contributed by atoms with van der Waals surface area (Å²) < 4.78 is 37.6. The molecule has 0 aromatic heterocycles. The fourth-order valence-electron chi connectivity index (χ4n) is 4.47. The van der Waals surface area contributed by atoms with E-state index in [1.807, 2.05) is 6.92 Å². The summed E-state index contributed by atoms with van der Waals surface area (Å²) in [6, 6.07) is 0.0245. The highest BCUT2D eigenvalue weighted by atomic mass is 127. The molecule has 0 bridgehead atoms. The first kappa shape index (κ1) is 26.7. The van der Waals surface area contributed by atoms with Crippen LogP contribution in [0.15, 0.2) is 4.99 Å². The molecule has 2 aliphatic rings. The van der Waals surface area contributed by atoms with E-state index in [-0.39, 0.29) is 30.0 Å². The third-order valence-electron chi connectivity index (χ3n) is 5.46. The Balaban J connectivity index is 0.00000420. The van der Waals surface area contributed by atoms with E-state index in [1.165, 1.54) is 24.4 Å². The maximum absolute atomic E-state index is 12.5. The maximum Gasteiger partial charge on any atom is 0.401 e. The predicted molar refractivity (Wildman–Crippen MR) is 124 cm³/mol. The summed E-state index contributed by atoms with van der Waals surface area (Å²) in [7, 11) is 0. The van der Waals surface area contributed by atoms with Crippen molar-refractivity contribution in [2.45, 2.75) is 58.7 Å². The maximum atomic E-state index is 12.5. The number of likely N-dealkylation sites (tertiary alicyclic amines) is 2. The molecule has 2 heterocycles. The van der Waals surface area contributed by atoms with E-state index < -0.39 is 12.7 Å². The summed E-state index contributed by atoms with van der Waals surface area (Å²) in [5, 5.41) is 6.52. The van der Waals surface area contributed by atoms with Crippen LogP contribution in [0.2, 0.25) is 0 Å². The third kappa shape index (κ3) is 11.1. The first-order valence-electron chi connectivity index (χ1n) is 10.8. The van der Waals surface area contributed by atoms with E-state index in [0.29, 0.717) is 19.5 Å². The number of nitrogens with one attached hydrogen (secondary N) is 2. The molecule has 2 fully saturated rings. The summed E-state index contributed by atoms with van der Waals surface area (Å²) in [4.78, 5) is 8.65. The summed E-state index contributed by atoms with van der Waals surface area (Å²) in [6.45, 7) is 11.7. The number of aliphatic imine (C=N–C) groups is 1. The van der Waals surface area contributed by atoms with Gasteiger partial charge in [-0.2, -0.15) is 13.2 Å². The molecule has 0 aromatic carbocycles. The number of piperidine rings is 1. The minimum Gasteiger partial charge on any atom is -0.357 e. The van der Waals surface area contributed by atoms with E-state index in [2.05, 4.69) is 34.4 Å². The standard InChI is InChI=1S/C20H38F3N5.HI/c1-4-24-19(26-18-7-10-28(14-18)15-20(21,22)23)25-8-5-6-9-27-12-16(2)11-17(3)13-27;/h16-18H,4-15H2,1-3H3,(H2,24,25,26);1H. The molecule has 2 saturated heterocycles. The van der Waals surface area contributed by atoms with Gasteiger partial charge >= 0.3 is 6.18 Å². The Morgan fingerprint density at radius 1 is 1.07 bits per heavy atom. The number of hydrogen-bond donors (Lipinski definition) is 2. The Morgan fingerprint density at radius 2 is 1.76 bits per heavy atom. The fourth-order valence-corrected chi connectivity index (χ4v) is 4.47. The Kier molecular flexibility index (Phi) is 12.2. The van der Waals surface area contributed by atoms with Crippen molar-refractivity contribution in [3.63, 3.8) is 0 Å². The average molecular weight is 533 g/mol. The predicted octanol–water partition coefficient (Wildman–Crippen LogP) is 3.55. The van der Waals surface area contributed by atoms with Crippen LogP contribution in [0.1, 0.15) is 46.5 Å². The second-order valence-corrected chi connectivity index (χ2v) is 8.65. The van der Waals surface area contributed by atoms with Crippen molar-refractivity contribution in [2.75, 3.05) is 52.4 Å². The molecule has 3 atom stereocenters. The van der Waals surface area contributed by atoms with Gasteiger partial charge < -0.3 is 15.5 Å². The lowest BCUT2D eigenvalue weighted by Gasteiger charge is -2.34. The van der Waals surface area contributed by atoms with Crippen molar-refractivity contribution in [2.24, 2.45) is 16.8 Å². The Labute approximate surface area is 191 Å². The van der Waals surface area contributed by atoms with Crippen molar-refractivity contribution in [1.29, 1.82) is 0 Å². The highest BCUT2D eigenvalue weighted by Crippen LogP contribution is 2.21. The van der Waals surface area contributed by atoms with Crippen LogP contribution >= 0.6 is 24.0 Å². The molecule has 0 saturated carbocycles. The van der Waals surface area contributed by atoms with Gasteiger partial charge in [-0.15, -0.1) is 24.0 Å². The highest BCUT2D eigenvalue weighted by Gasteiger charge is 2.34. The van der Waals surface area contributed by atoms with Gasteiger partial charge in [-0.05, 0) is 51.0 Å². The van der Waals surface area contributed by atoms with Crippen molar-refractivity contribution in [3.05, 3.63) is 0 Å². The summed E-state index contributed by atoms with van der Waals surface area (Å²) in [5.74, 6) is 2.30. The molecular weight excluding hydrogens is 494 g/mol. The normalized spacial score (nSPS) is 27.0. The number of hydrogen-bond acceptors (Lipinski definition) is 3. The van der Waals surface area contributed by atoms with Gasteiger partial charge in [0.2, 0.25) is 0 Å². The molecular formula is C20H39F3IN5. The van der Waals surface area contributed by atoms with Gasteiger partial charge in [0.25, 0.3) is 0 Å². The summed E-state index contributed by atoms with van der Waals surface area (Å²) in [6.07, 6.45) is 0.0785. The highest BCUT2D eigenvalue weighted by molar-refractivity contribution is 14.0. The van der Waals surface area contributed by atoms with Crippen LogP contribution in [0.4, 0.5) is 13.2 Å². The molecule has 2 rings (SSSR count). The van der Waals surface area contributed by atoms with Crippen molar-refractivity contribution < 1.29 is 13.2 Å². The van der Waals surface area contributed by atoms with Crippen LogP contribution in [0, 0.1) is 11.8 Å². The van der Waals surface area contributed by atoms with E-state index in [0.717, 1.165) is 50.3 Å². The lowest BCUT2D eigenvalue weighted by atomic mass is 9.92. The zero-order valence-corrected chi connectivity index (χ0v) is 20.4. The molecule has 29 heavy (non-hydrogen) atoms.